The molecule has 0 fully saturated rings. The molecule has 0 aliphatic rings. The highest BCUT2D eigenvalue weighted by Gasteiger charge is 2.13. The summed E-state index contributed by atoms with van der Waals surface area (Å²) in [5.41, 5.74) is 1.85. The summed E-state index contributed by atoms with van der Waals surface area (Å²) in [6, 6.07) is 15.2. The molecule has 3 aromatic rings. The third kappa shape index (κ3) is 5.36. The number of carbonyl (C=O) groups is 1. The quantitative estimate of drug-likeness (QED) is 0.444. The first kappa shape index (κ1) is 21.8. The van der Waals surface area contributed by atoms with Crippen molar-refractivity contribution in [1.29, 1.82) is 0 Å². The van der Waals surface area contributed by atoms with Crippen molar-refractivity contribution in [2.75, 3.05) is 13.2 Å². The first-order chi connectivity index (χ1) is 14.3. The third-order valence-corrected chi connectivity index (χ3v) is 5.19. The summed E-state index contributed by atoms with van der Waals surface area (Å²) < 4.78 is 7.42. The number of fused-ring (bicyclic) bond motifs is 1. The summed E-state index contributed by atoms with van der Waals surface area (Å²) in [4.78, 5) is 27.8. The molecule has 0 aliphatic heterocycles. The normalized spacial score (nSPS) is 11.4. The van der Waals surface area contributed by atoms with Gasteiger partial charge in [-0.1, -0.05) is 45.0 Å². The molecule has 0 atom stereocenters. The van der Waals surface area contributed by atoms with E-state index in [0.717, 1.165) is 5.75 Å². The topological polar surface area (TPSA) is 76.1 Å². The molecule has 7 heteroatoms. The highest BCUT2D eigenvalue weighted by Crippen LogP contribution is 2.24. The lowest BCUT2D eigenvalue weighted by Gasteiger charge is -2.19. The highest BCUT2D eigenvalue weighted by molar-refractivity contribution is 7.71. The zero-order valence-corrected chi connectivity index (χ0v) is 18.3. The standard InChI is InChI=1S/C23H27N3O3S/c1-23(2,3)16-8-10-17(11-9-16)29-15-13-24-20(27)12-14-26-21(28)18-6-4-5-7-19(18)25-22(26)30/h4-11H,12-15H2,1-3H3,(H,24,27)(H,25,30). The van der Waals surface area contributed by atoms with Crippen LogP contribution in [0, 0.1) is 4.77 Å². The fraction of sp³-hybridized carbons (Fsp3) is 0.348. The number of hydrogen-bond acceptors (Lipinski definition) is 4. The molecule has 1 amide bonds. The minimum atomic E-state index is -0.191. The van der Waals surface area contributed by atoms with E-state index in [1.54, 1.807) is 18.2 Å². The molecule has 0 saturated carbocycles. The number of aromatic amines is 1. The minimum Gasteiger partial charge on any atom is -0.492 e. The number of rotatable bonds is 7. The van der Waals surface area contributed by atoms with E-state index in [0.29, 0.717) is 28.8 Å². The second-order valence-corrected chi connectivity index (χ2v) is 8.54. The fourth-order valence-electron chi connectivity index (χ4n) is 3.11. The Kier molecular flexibility index (Phi) is 6.72. The molecule has 30 heavy (non-hydrogen) atoms. The molecule has 0 aliphatic carbocycles. The maximum atomic E-state index is 12.6. The van der Waals surface area contributed by atoms with Crippen LogP contribution in [-0.2, 0) is 16.8 Å². The van der Waals surface area contributed by atoms with Crippen LogP contribution in [-0.4, -0.2) is 28.6 Å². The van der Waals surface area contributed by atoms with Gasteiger partial charge in [-0.25, -0.2) is 0 Å². The first-order valence-electron chi connectivity index (χ1n) is 9.97. The van der Waals surface area contributed by atoms with Crippen LogP contribution in [0.4, 0.5) is 0 Å². The van der Waals surface area contributed by atoms with E-state index in [2.05, 4.69) is 43.2 Å². The molecule has 0 bridgehead atoms. The molecule has 158 valence electrons. The number of ether oxygens (including phenoxy) is 1. The number of H-pyrrole nitrogens is 1. The average molecular weight is 426 g/mol. The van der Waals surface area contributed by atoms with Crippen molar-refractivity contribution < 1.29 is 9.53 Å². The molecule has 0 unspecified atom stereocenters. The van der Waals surface area contributed by atoms with Gasteiger partial charge in [0.1, 0.15) is 12.4 Å². The lowest BCUT2D eigenvalue weighted by molar-refractivity contribution is -0.121. The van der Waals surface area contributed by atoms with Gasteiger partial charge in [-0.15, -0.1) is 0 Å². The van der Waals surface area contributed by atoms with Gasteiger partial charge in [-0.05, 0) is 47.5 Å². The molecule has 2 N–H and O–H groups in total. The molecule has 0 radical (unpaired) electrons. The van der Waals surface area contributed by atoms with E-state index in [9.17, 15) is 9.59 Å². The average Bonchev–Trinajstić information content (AvgIpc) is 2.71. The van der Waals surface area contributed by atoms with Crippen LogP contribution in [0.15, 0.2) is 53.3 Å². The number of carbonyl (C=O) groups excluding carboxylic acids is 1. The molecule has 6 nitrogen and oxygen atoms in total. The summed E-state index contributed by atoms with van der Waals surface area (Å²) in [6.45, 7) is 7.47. The fourth-order valence-corrected chi connectivity index (χ4v) is 3.40. The Bertz CT molecular complexity index is 1140. The number of hydrogen-bond donors (Lipinski definition) is 2. The lowest BCUT2D eigenvalue weighted by atomic mass is 9.87. The number of nitrogens with one attached hydrogen (secondary N) is 2. The van der Waals surface area contributed by atoms with Gasteiger partial charge in [-0.3, -0.25) is 14.2 Å². The molecule has 0 saturated heterocycles. The molecule has 3 rings (SSSR count). The van der Waals surface area contributed by atoms with E-state index in [-0.39, 0.29) is 29.8 Å². The maximum absolute atomic E-state index is 12.6. The van der Waals surface area contributed by atoms with Crippen molar-refractivity contribution in [2.24, 2.45) is 0 Å². The van der Waals surface area contributed by atoms with E-state index in [4.69, 9.17) is 17.0 Å². The Morgan fingerprint density at radius 3 is 2.53 bits per heavy atom. The van der Waals surface area contributed by atoms with E-state index < -0.39 is 0 Å². The summed E-state index contributed by atoms with van der Waals surface area (Å²) in [7, 11) is 0. The monoisotopic (exact) mass is 425 g/mol. The van der Waals surface area contributed by atoms with Crippen molar-refractivity contribution in [3.63, 3.8) is 0 Å². The molecule has 2 aromatic carbocycles. The largest absolute Gasteiger partial charge is 0.492 e. The van der Waals surface area contributed by atoms with Crippen molar-refractivity contribution in [3.8, 4) is 5.75 Å². The van der Waals surface area contributed by atoms with Crippen LogP contribution < -0.4 is 15.6 Å². The first-order valence-corrected chi connectivity index (χ1v) is 10.4. The molecule has 1 heterocycles. The maximum Gasteiger partial charge on any atom is 0.262 e. The summed E-state index contributed by atoms with van der Waals surface area (Å²) in [5.74, 6) is 0.613. The van der Waals surface area contributed by atoms with Gasteiger partial charge in [0, 0.05) is 13.0 Å². The number of nitrogens with zero attached hydrogens (tertiary/aromatic N) is 1. The summed E-state index contributed by atoms with van der Waals surface area (Å²) in [6.07, 6.45) is 0.163. The Balaban J connectivity index is 1.47. The van der Waals surface area contributed by atoms with Crippen LogP contribution in [0.1, 0.15) is 32.8 Å². The Labute approximate surface area is 180 Å². The lowest BCUT2D eigenvalue weighted by Crippen LogP contribution is -2.30. The van der Waals surface area contributed by atoms with E-state index >= 15 is 0 Å². The van der Waals surface area contributed by atoms with Crippen molar-refractivity contribution in [1.82, 2.24) is 14.9 Å². The van der Waals surface area contributed by atoms with Crippen LogP contribution in [0.5, 0.6) is 5.75 Å². The SMILES string of the molecule is CC(C)(C)c1ccc(OCCNC(=O)CCn2c(=S)[nH]c3ccccc3c2=O)cc1. The van der Waals surface area contributed by atoms with Gasteiger partial charge in [0.25, 0.3) is 5.56 Å². The third-order valence-electron chi connectivity index (χ3n) is 4.87. The van der Waals surface area contributed by atoms with Gasteiger partial charge < -0.3 is 15.0 Å². The molecular weight excluding hydrogens is 398 g/mol. The number of aromatic nitrogens is 2. The van der Waals surface area contributed by atoms with Gasteiger partial charge in [0.2, 0.25) is 5.91 Å². The van der Waals surface area contributed by atoms with Crippen molar-refractivity contribution >= 4 is 29.0 Å². The molecular formula is C23H27N3O3S. The zero-order chi connectivity index (χ0) is 21.7. The second kappa shape index (κ2) is 9.26. The zero-order valence-electron chi connectivity index (χ0n) is 17.5. The van der Waals surface area contributed by atoms with E-state index in [1.807, 2.05) is 18.2 Å². The van der Waals surface area contributed by atoms with Crippen LogP contribution in [0.2, 0.25) is 0 Å². The highest BCUT2D eigenvalue weighted by atomic mass is 32.1. The minimum absolute atomic E-state index is 0.0994. The predicted octanol–water partition coefficient (Wildman–Crippen LogP) is 3.94. The second-order valence-electron chi connectivity index (χ2n) is 8.16. The van der Waals surface area contributed by atoms with Crippen molar-refractivity contribution in [2.45, 2.75) is 39.2 Å². The summed E-state index contributed by atoms with van der Waals surface area (Å²) >= 11 is 5.27. The van der Waals surface area contributed by atoms with Gasteiger partial charge >= 0.3 is 0 Å². The van der Waals surface area contributed by atoms with Gasteiger partial charge in [0.15, 0.2) is 4.77 Å². The van der Waals surface area contributed by atoms with E-state index in [1.165, 1.54) is 10.1 Å². The van der Waals surface area contributed by atoms with Crippen molar-refractivity contribution in [3.05, 3.63) is 69.2 Å². The van der Waals surface area contributed by atoms with Crippen LogP contribution >= 0.6 is 12.2 Å². The van der Waals surface area contributed by atoms with Crippen LogP contribution in [0.25, 0.3) is 10.9 Å². The smallest absolute Gasteiger partial charge is 0.262 e. The van der Waals surface area contributed by atoms with Gasteiger partial charge in [-0.2, -0.15) is 0 Å². The Hall–Kier alpha value is -2.93. The Morgan fingerprint density at radius 1 is 1.13 bits per heavy atom. The molecule has 0 spiro atoms. The van der Waals surface area contributed by atoms with Crippen LogP contribution in [0.3, 0.4) is 0 Å². The van der Waals surface area contributed by atoms with Gasteiger partial charge in [0.05, 0.1) is 17.4 Å². The Morgan fingerprint density at radius 2 is 1.83 bits per heavy atom. The number of amides is 1. The summed E-state index contributed by atoms with van der Waals surface area (Å²) in [5, 5.41) is 3.36. The number of para-hydroxylation sites is 1. The predicted molar refractivity (Wildman–Crippen MR) is 122 cm³/mol. The number of benzene rings is 2. The molecule has 1 aromatic heterocycles.